The van der Waals surface area contributed by atoms with Gasteiger partial charge >= 0.3 is 5.97 Å². The molecule has 5 heteroatoms. The number of carbonyl (C=O) groups is 1. The van der Waals surface area contributed by atoms with E-state index in [-0.39, 0.29) is 5.56 Å². The van der Waals surface area contributed by atoms with Gasteiger partial charge in [0.2, 0.25) is 0 Å². The van der Waals surface area contributed by atoms with Crippen molar-refractivity contribution in [1.29, 1.82) is 0 Å². The maximum absolute atomic E-state index is 13.9. The molecule has 0 amide bonds. The zero-order valence-corrected chi connectivity index (χ0v) is 10.7. The van der Waals surface area contributed by atoms with Crippen molar-refractivity contribution in [2.45, 2.75) is 18.9 Å². The summed E-state index contributed by atoms with van der Waals surface area (Å²) in [6.45, 7) is 3.54. The van der Waals surface area contributed by atoms with E-state index in [1.807, 2.05) is 4.90 Å². The summed E-state index contributed by atoms with van der Waals surface area (Å²) in [7, 11) is 0. The molecule has 102 valence electrons. The lowest BCUT2D eigenvalue weighted by Crippen LogP contribution is -2.47. The summed E-state index contributed by atoms with van der Waals surface area (Å²) in [5.41, 5.74) is 0.512. The first-order valence-electron chi connectivity index (χ1n) is 6.67. The van der Waals surface area contributed by atoms with Gasteiger partial charge in [-0.15, -0.1) is 0 Å². The Labute approximate surface area is 111 Å². The van der Waals surface area contributed by atoms with Crippen LogP contribution in [-0.4, -0.2) is 48.2 Å². The molecule has 0 spiro atoms. The summed E-state index contributed by atoms with van der Waals surface area (Å²) < 4.78 is 13.9. The number of aromatic carboxylic acids is 1. The number of anilines is 1. The van der Waals surface area contributed by atoms with E-state index in [1.54, 1.807) is 6.07 Å². The highest BCUT2D eigenvalue weighted by molar-refractivity contribution is 5.88. The molecule has 1 N–H and O–H groups in total. The SMILES string of the molecule is O=C(O)c1ccc(N2CCN(C3CC3)CC2)c(F)c1. The molecule has 19 heavy (non-hydrogen) atoms. The van der Waals surface area contributed by atoms with Crippen molar-refractivity contribution in [2.24, 2.45) is 0 Å². The van der Waals surface area contributed by atoms with E-state index in [4.69, 9.17) is 5.11 Å². The van der Waals surface area contributed by atoms with E-state index in [9.17, 15) is 9.18 Å². The first-order chi connectivity index (χ1) is 9.15. The molecule has 1 saturated heterocycles. The normalized spacial score (nSPS) is 20.6. The summed E-state index contributed by atoms with van der Waals surface area (Å²) in [6.07, 6.45) is 2.59. The number of hydrogen-bond donors (Lipinski definition) is 1. The predicted octanol–water partition coefficient (Wildman–Crippen LogP) is 1.81. The molecule has 1 aliphatic carbocycles. The topological polar surface area (TPSA) is 43.8 Å². The number of rotatable bonds is 3. The van der Waals surface area contributed by atoms with Crippen LogP contribution < -0.4 is 4.90 Å². The number of halogens is 1. The molecular formula is C14H17FN2O2. The van der Waals surface area contributed by atoms with Crippen molar-refractivity contribution < 1.29 is 14.3 Å². The molecule has 2 fully saturated rings. The number of benzene rings is 1. The van der Waals surface area contributed by atoms with E-state index >= 15 is 0 Å². The highest BCUT2D eigenvalue weighted by Crippen LogP contribution is 2.29. The van der Waals surface area contributed by atoms with Crippen molar-refractivity contribution in [3.8, 4) is 0 Å². The Morgan fingerprint density at radius 1 is 1.21 bits per heavy atom. The van der Waals surface area contributed by atoms with Gasteiger partial charge in [0.05, 0.1) is 11.3 Å². The van der Waals surface area contributed by atoms with Gasteiger partial charge in [0.1, 0.15) is 5.82 Å². The second-order valence-corrected chi connectivity index (χ2v) is 5.23. The zero-order chi connectivity index (χ0) is 13.4. The fourth-order valence-electron chi connectivity index (χ4n) is 2.66. The van der Waals surface area contributed by atoms with Crippen LogP contribution >= 0.6 is 0 Å². The Morgan fingerprint density at radius 2 is 1.89 bits per heavy atom. The minimum atomic E-state index is -1.09. The van der Waals surface area contributed by atoms with Gasteiger partial charge in [-0.3, -0.25) is 4.90 Å². The van der Waals surface area contributed by atoms with E-state index in [1.165, 1.54) is 18.9 Å². The van der Waals surface area contributed by atoms with E-state index in [2.05, 4.69) is 4.90 Å². The van der Waals surface area contributed by atoms with Crippen LogP contribution in [0.2, 0.25) is 0 Å². The molecule has 0 bridgehead atoms. The van der Waals surface area contributed by atoms with Gasteiger partial charge in [0, 0.05) is 32.2 Å². The molecule has 1 aromatic rings. The van der Waals surface area contributed by atoms with Crippen LogP contribution in [0.1, 0.15) is 23.2 Å². The van der Waals surface area contributed by atoms with Gasteiger partial charge in [-0.05, 0) is 31.0 Å². The highest BCUT2D eigenvalue weighted by Gasteiger charge is 2.31. The van der Waals surface area contributed by atoms with Crippen molar-refractivity contribution in [3.05, 3.63) is 29.6 Å². The van der Waals surface area contributed by atoms with Crippen molar-refractivity contribution in [1.82, 2.24) is 4.90 Å². The lowest BCUT2D eigenvalue weighted by Gasteiger charge is -2.36. The summed E-state index contributed by atoms with van der Waals surface area (Å²) in [4.78, 5) is 15.2. The highest BCUT2D eigenvalue weighted by atomic mass is 19.1. The van der Waals surface area contributed by atoms with Crippen molar-refractivity contribution >= 4 is 11.7 Å². The molecule has 1 heterocycles. The fraction of sp³-hybridized carbons (Fsp3) is 0.500. The van der Waals surface area contributed by atoms with Crippen LogP contribution in [-0.2, 0) is 0 Å². The molecule has 4 nitrogen and oxygen atoms in total. The number of hydrogen-bond acceptors (Lipinski definition) is 3. The lowest BCUT2D eigenvalue weighted by atomic mass is 10.1. The van der Waals surface area contributed by atoms with Crippen LogP contribution in [0.4, 0.5) is 10.1 Å². The maximum Gasteiger partial charge on any atom is 0.335 e. The Hall–Kier alpha value is -1.62. The zero-order valence-electron chi connectivity index (χ0n) is 10.7. The van der Waals surface area contributed by atoms with Crippen molar-refractivity contribution in [2.75, 3.05) is 31.1 Å². The average Bonchev–Trinajstić information content (AvgIpc) is 3.23. The molecule has 0 atom stereocenters. The fourth-order valence-corrected chi connectivity index (χ4v) is 2.66. The van der Waals surface area contributed by atoms with Crippen LogP contribution in [0.25, 0.3) is 0 Å². The molecular weight excluding hydrogens is 247 g/mol. The quantitative estimate of drug-likeness (QED) is 0.904. The van der Waals surface area contributed by atoms with Gasteiger partial charge in [0.25, 0.3) is 0 Å². The second kappa shape index (κ2) is 4.81. The van der Waals surface area contributed by atoms with Gasteiger partial charge in [-0.1, -0.05) is 0 Å². The predicted molar refractivity (Wildman–Crippen MR) is 70.2 cm³/mol. The third-order valence-electron chi connectivity index (χ3n) is 3.91. The van der Waals surface area contributed by atoms with E-state index < -0.39 is 11.8 Å². The Morgan fingerprint density at radius 3 is 2.42 bits per heavy atom. The van der Waals surface area contributed by atoms with Gasteiger partial charge < -0.3 is 10.0 Å². The van der Waals surface area contributed by atoms with Gasteiger partial charge in [-0.2, -0.15) is 0 Å². The smallest absolute Gasteiger partial charge is 0.335 e. The molecule has 3 rings (SSSR count). The number of piperazine rings is 1. The van der Waals surface area contributed by atoms with E-state index in [0.717, 1.165) is 38.3 Å². The molecule has 0 unspecified atom stereocenters. The summed E-state index contributed by atoms with van der Waals surface area (Å²) in [5.74, 6) is -1.54. The van der Waals surface area contributed by atoms with Crippen LogP contribution in [0.5, 0.6) is 0 Å². The third kappa shape index (κ3) is 2.56. The van der Waals surface area contributed by atoms with Crippen molar-refractivity contribution in [3.63, 3.8) is 0 Å². The summed E-state index contributed by atoms with van der Waals surface area (Å²) in [6, 6.07) is 4.89. The molecule has 1 aliphatic heterocycles. The Balaban J connectivity index is 1.70. The van der Waals surface area contributed by atoms with Gasteiger partial charge in [-0.25, -0.2) is 9.18 Å². The Bertz CT molecular complexity index is 494. The second-order valence-electron chi connectivity index (χ2n) is 5.23. The van der Waals surface area contributed by atoms with Gasteiger partial charge in [0.15, 0.2) is 0 Å². The van der Waals surface area contributed by atoms with Crippen LogP contribution in [0.3, 0.4) is 0 Å². The number of carboxylic acid groups (broad SMARTS) is 1. The number of nitrogens with zero attached hydrogens (tertiary/aromatic N) is 2. The first-order valence-corrected chi connectivity index (χ1v) is 6.67. The standard InChI is InChI=1S/C14H17FN2O2/c15-12-9-10(14(18)19)1-4-13(12)17-7-5-16(6-8-17)11-2-3-11/h1,4,9,11H,2-3,5-8H2,(H,18,19). The van der Waals surface area contributed by atoms with Crippen LogP contribution in [0, 0.1) is 5.82 Å². The summed E-state index contributed by atoms with van der Waals surface area (Å²) in [5, 5.41) is 8.83. The third-order valence-corrected chi connectivity index (χ3v) is 3.91. The largest absolute Gasteiger partial charge is 0.478 e. The first kappa shape index (κ1) is 12.4. The lowest BCUT2D eigenvalue weighted by molar-refractivity contribution is 0.0696. The molecule has 1 aromatic carbocycles. The summed E-state index contributed by atoms with van der Waals surface area (Å²) >= 11 is 0. The van der Waals surface area contributed by atoms with Crippen LogP contribution in [0.15, 0.2) is 18.2 Å². The Kier molecular flexibility index (Phi) is 3.14. The number of carboxylic acids is 1. The minimum absolute atomic E-state index is 0.00198. The molecule has 0 aromatic heterocycles. The molecule has 2 aliphatic rings. The molecule has 1 saturated carbocycles. The monoisotopic (exact) mass is 264 g/mol. The van der Waals surface area contributed by atoms with E-state index in [0.29, 0.717) is 5.69 Å². The maximum atomic E-state index is 13.9. The average molecular weight is 264 g/mol. The molecule has 0 radical (unpaired) electrons. The minimum Gasteiger partial charge on any atom is -0.478 e.